The second-order valence-electron chi connectivity index (χ2n) is 4.65. The quantitative estimate of drug-likeness (QED) is 0.648. The van der Waals surface area contributed by atoms with Crippen molar-refractivity contribution in [2.75, 3.05) is 0 Å². The third-order valence-electron chi connectivity index (χ3n) is 3.58. The number of hydrogen-bond donors (Lipinski definition) is 1. The second kappa shape index (κ2) is 3.67. The summed E-state index contributed by atoms with van der Waals surface area (Å²) in [5.41, 5.74) is 6.19. The van der Waals surface area contributed by atoms with E-state index in [0.29, 0.717) is 17.8 Å². The highest BCUT2D eigenvalue weighted by atomic mass is 14.8. The Kier molecular flexibility index (Phi) is 2.97. The van der Waals surface area contributed by atoms with Gasteiger partial charge in [-0.3, -0.25) is 0 Å². The molecule has 0 bridgehead atoms. The third kappa shape index (κ3) is 2.02. The summed E-state index contributed by atoms with van der Waals surface area (Å²) in [7, 11) is 0. The maximum Gasteiger partial charge on any atom is 0.0157 e. The molecule has 0 heterocycles. The first-order chi connectivity index (χ1) is 6.01. The van der Waals surface area contributed by atoms with Crippen molar-refractivity contribution in [2.45, 2.75) is 32.2 Å². The lowest BCUT2D eigenvalue weighted by molar-refractivity contribution is 0.156. The van der Waals surface area contributed by atoms with E-state index in [-0.39, 0.29) is 5.54 Å². The van der Waals surface area contributed by atoms with Crippen molar-refractivity contribution in [2.24, 2.45) is 23.5 Å². The van der Waals surface area contributed by atoms with Crippen LogP contribution < -0.4 is 5.73 Å². The molecule has 0 amide bonds. The molecule has 1 rings (SSSR count). The molecule has 0 spiro atoms. The average molecular weight is 179 g/mol. The predicted molar refractivity (Wildman–Crippen MR) is 58.4 cm³/mol. The Hall–Kier alpha value is -0.560. The largest absolute Gasteiger partial charge is 0.325 e. The zero-order chi connectivity index (χ0) is 10.1. The van der Waals surface area contributed by atoms with E-state index in [0.717, 1.165) is 12.8 Å². The van der Waals surface area contributed by atoms with Crippen LogP contribution in [-0.4, -0.2) is 5.54 Å². The van der Waals surface area contributed by atoms with Crippen molar-refractivity contribution in [3.63, 3.8) is 0 Å². The average Bonchev–Trinajstić information content (AvgIpc) is 2.08. The van der Waals surface area contributed by atoms with Gasteiger partial charge in [0.2, 0.25) is 0 Å². The first kappa shape index (κ1) is 10.5. The maximum atomic E-state index is 6.22. The van der Waals surface area contributed by atoms with Gasteiger partial charge in [-0.1, -0.05) is 19.1 Å². The third-order valence-corrected chi connectivity index (χ3v) is 3.58. The van der Waals surface area contributed by atoms with Crippen LogP contribution in [0.5, 0.6) is 0 Å². The fraction of sp³-hybridized carbons (Fsp3) is 0.667. The van der Waals surface area contributed by atoms with Gasteiger partial charge in [0.05, 0.1) is 0 Å². The molecular formula is C12H21N. The van der Waals surface area contributed by atoms with Crippen LogP contribution in [0.4, 0.5) is 0 Å². The van der Waals surface area contributed by atoms with Crippen molar-refractivity contribution in [1.29, 1.82) is 0 Å². The fourth-order valence-electron chi connectivity index (χ4n) is 2.24. The van der Waals surface area contributed by atoms with Gasteiger partial charge in [0.1, 0.15) is 0 Å². The molecule has 1 fully saturated rings. The highest BCUT2D eigenvalue weighted by molar-refractivity contribution is 5.04. The lowest BCUT2D eigenvalue weighted by Gasteiger charge is -2.43. The first-order valence-corrected chi connectivity index (χ1v) is 5.05. The molecule has 0 aromatic carbocycles. The molecule has 0 aliphatic heterocycles. The molecule has 2 N–H and O–H groups in total. The van der Waals surface area contributed by atoms with E-state index in [1.165, 1.54) is 0 Å². The molecule has 0 radical (unpaired) electrons. The molecule has 1 aliphatic rings. The minimum Gasteiger partial charge on any atom is -0.325 e. The van der Waals surface area contributed by atoms with Crippen LogP contribution >= 0.6 is 0 Å². The van der Waals surface area contributed by atoms with Gasteiger partial charge in [-0.25, -0.2) is 0 Å². The SMILES string of the molecule is C=CC1CC(C)C(C)(N)CC1C=C. The predicted octanol–water partition coefficient (Wildman–Crippen LogP) is 2.74. The minimum atomic E-state index is -0.0294. The smallest absolute Gasteiger partial charge is 0.0157 e. The molecule has 0 aromatic heterocycles. The zero-order valence-electron chi connectivity index (χ0n) is 8.79. The van der Waals surface area contributed by atoms with Crippen molar-refractivity contribution in [1.82, 2.24) is 0 Å². The molecule has 4 unspecified atom stereocenters. The lowest BCUT2D eigenvalue weighted by Crippen LogP contribution is -2.49. The summed E-state index contributed by atoms with van der Waals surface area (Å²) in [4.78, 5) is 0. The highest BCUT2D eigenvalue weighted by Crippen LogP contribution is 2.39. The summed E-state index contributed by atoms with van der Waals surface area (Å²) in [6.45, 7) is 12.1. The molecule has 1 nitrogen and oxygen atoms in total. The Labute approximate surface area is 81.7 Å². The van der Waals surface area contributed by atoms with Crippen LogP contribution in [0.15, 0.2) is 25.3 Å². The molecule has 1 saturated carbocycles. The van der Waals surface area contributed by atoms with E-state index in [2.05, 4.69) is 33.1 Å². The Bertz CT molecular complexity index is 205. The summed E-state index contributed by atoms with van der Waals surface area (Å²) < 4.78 is 0. The topological polar surface area (TPSA) is 26.0 Å². The van der Waals surface area contributed by atoms with Gasteiger partial charge < -0.3 is 5.73 Å². The van der Waals surface area contributed by atoms with Crippen LogP contribution in [0.1, 0.15) is 26.7 Å². The van der Waals surface area contributed by atoms with Crippen molar-refractivity contribution in [3.05, 3.63) is 25.3 Å². The van der Waals surface area contributed by atoms with Gasteiger partial charge in [0, 0.05) is 5.54 Å². The molecule has 0 saturated heterocycles. The van der Waals surface area contributed by atoms with Crippen LogP contribution in [0.3, 0.4) is 0 Å². The summed E-state index contributed by atoms with van der Waals surface area (Å²) in [6.07, 6.45) is 6.27. The van der Waals surface area contributed by atoms with E-state index in [4.69, 9.17) is 5.73 Å². The molecule has 74 valence electrons. The van der Waals surface area contributed by atoms with Crippen molar-refractivity contribution < 1.29 is 0 Å². The van der Waals surface area contributed by atoms with Crippen molar-refractivity contribution in [3.8, 4) is 0 Å². The van der Waals surface area contributed by atoms with Crippen molar-refractivity contribution >= 4 is 0 Å². The molecule has 13 heavy (non-hydrogen) atoms. The molecule has 1 aliphatic carbocycles. The summed E-state index contributed by atoms with van der Waals surface area (Å²) in [6, 6.07) is 0. The van der Waals surface area contributed by atoms with E-state index < -0.39 is 0 Å². The van der Waals surface area contributed by atoms with Gasteiger partial charge in [-0.2, -0.15) is 0 Å². The molecule has 1 heteroatoms. The Morgan fingerprint density at radius 3 is 2.31 bits per heavy atom. The van der Waals surface area contributed by atoms with E-state index in [1.54, 1.807) is 0 Å². The van der Waals surface area contributed by atoms with Crippen LogP contribution in [0.2, 0.25) is 0 Å². The van der Waals surface area contributed by atoms with Crippen LogP contribution in [0, 0.1) is 17.8 Å². The molecule has 4 atom stereocenters. The van der Waals surface area contributed by atoms with Gasteiger partial charge >= 0.3 is 0 Å². The zero-order valence-corrected chi connectivity index (χ0v) is 8.79. The number of hydrogen-bond acceptors (Lipinski definition) is 1. The molecular weight excluding hydrogens is 158 g/mol. The van der Waals surface area contributed by atoms with Gasteiger partial charge in [-0.05, 0) is 37.5 Å². The van der Waals surface area contributed by atoms with E-state index in [1.807, 2.05) is 6.08 Å². The second-order valence-corrected chi connectivity index (χ2v) is 4.65. The summed E-state index contributed by atoms with van der Waals surface area (Å²) in [5, 5.41) is 0. The standard InChI is InChI=1S/C12H21N/c1-5-10-7-9(3)12(4,13)8-11(10)6-2/h5-6,9-11H,1-2,7-8,13H2,3-4H3. The fourth-order valence-corrected chi connectivity index (χ4v) is 2.24. The minimum absolute atomic E-state index is 0.0294. The summed E-state index contributed by atoms with van der Waals surface area (Å²) >= 11 is 0. The van der Waals surface area contributed by atoms with Gasteiger partial charge in [0.25, 0.3) is 0 Å². The lowest BCUT2D eigenvalue weighted by atomic mass is 9.66. The molecule has 0 aromatic rings. The van der Waals surface area contributed by atoms with Crippen LogP contribution in [-0.2, 0) is 0 Å². The van der Waals surface area contributed by atoms with Gasteiger partial charge in [-0.15, -0.1) is 13.2 Å². The summed E-state index contributed by atoms with van der Waals surface area (Å²) in [5.74, 6) is 1.67. The number of nitrogens with two attached hydrogens (primary N) is 1. The Balaban J connectivity index is 2.77. The number of rotatable bonds is 2. The first-order valence-electron chi connectivity index (χ1n) is 5.05. The Morgan fingerprint density at radius 2 is 1.85 bits per heavy atom. The van der Waals surface area contributed by atoms with Crippen LogP contribution in [0.25, 0.3) is 0 Å². The van der Waals surface area contributed by atoms with E-state index >= 15 is 0 Å². The monoisotopic (exact) mass is 179 g/mol. The van der Waals surface area contributed by atoms with Gasteiger partial charge in [0.15, 0.2) is 0 Å². The normalized spacial score (nSPS) is 45.6. The number of allylic oxidation sites excluding steroid dienone is 2. The Morgan fingerprint density at radius 1 is 1.31 bits per heavy atom. The van der Waals surface area contributed by atoms with E-state index in [9.17, 15) is 0 Å². The highest BCUT2D eigenvalue weighted by Gasteiger charge is 2.37. The maximum absolute atomic E-state index is 6.22.